The molecular weight excluding hydrogens is 492 g/mol. The van der Waals surface area contributed by atoms with Gasteiger partial charge in [-0.25, -0.2) is 0 Å². The molecule has 210 valence electrons. The lowest BCUT2D eigenvalue weighted by molar-refractivity contribution is -0.136. The van der Waals surface area contributed by atoms with Crippen LogP contribution in [0.15, 0.2) is 60.8 Å². The molecule has 0 spiro atoms. The number of likely N-dealkylation sites (N-methyl/N-ethyl adjacent to an activating group) is 1. The van der Waals surface area contributed by atoms with E-state index in [1.807, 2.05) is 101 Å². The molecule has 2 aliphatic heterocycles. The second kappa shape index (κ2) is 13.9. The Morgan fingerprint density at radius 2 is 1.67 bits per heavy atom. The van der Waals surface area contributed by atoms with Crippen molar-refractivity contribution in [3.05, 3.63) is 71.9 Å². The first kappa shape index (κ1) is 29.9. The van der Waals surface area contributed by atoms with Gasteiger partial charge in [0.25, 0.3) is 0 Å². The van der Waals surface area contributed by atoms with Crippen LogP contribution in [-0.4, -0.2) is 60.9 Å². The summed E-state index contributed by atoms with van der Waals surface area (Å²) < 4.78 is 6.35. The number of nitrogens with one attached hydrogen (secondary N) is 3. The highest BCUT2D eigenvalue weighted by Crippen LogP contribution is 2.21. The Morgan fingerprint density at radius 1 is 1.00 bits per heavy atom. The lowest BCUT2D eigenvalue weighted by Gasteiger charge is -2.35. The molecule has 2 heterocycles. The van der Waals surface area contributed by atoms with Gasteiger partial charge in [-0.3, -0.25) is 19.3 Å². The van der Waals surface area contributed by atoms with Crippen LogP contribution in [0.2, 0.25) is 0 Å². The Hall–Kier alpha value is -3.65. The Labute approximate surface area is 232 Å². The van der Waals surface area contributed by atoms with Crippen LogP contribution in [-0.2, 0) is 20.8 Å². The number of fused-ring (bicyclic) bond motifs is 10. The van der Waals surface area contributed by atoms with Crippen LogP contribution in [0, 0.1) is 11.8 Å². The molecule has 4 rings (SSSR count). The summed E-state index contributed by atoms with van der Waals surface area (Å²) in [6, 6.07) is 14.6. The van der Waals surface area contributed by atoms with Gasteiger partial charge in [-0.2, -0.15) is 0 Å². The summed E-state index contributed by atoms with van der Waals surface area (Å²) >= 11 is 0. The van der Waals surface area contributed by atoms with Crippen molar-refractivity contribution in [2.24, 2.45) is 11.8 Å². The fourth-order valence-electron chi connectivity index (χ4n) is 4.81. The van der Waals surface area contributed by atoms with Gasteiger partial charge in [0.2, 0.25) is 17.7 Å². The summed E-state index contributed by atoms with van der Waals surface area (Å²) in [5.74, 6) is -0.558. The minimum absolute atomic E-state index is 0.0657. The molecule has 2 aromatic rings. The number of amides is 3. The fraction of sp³-hybridized carbons (Fsp3) is 0.452. The minimum atomic E-state index is -1.03. The van der Waals surface area contributed by atoms with E-state index >= 15 is 0 Å². The van der Waals surface area contributed by atoms with Crippen molar-refractivity contribution < 1.29 is 19.1 Å². The molecule has 5 atom stereocenters. The van der Waals surface area contributed by atoms with E-state index in [1.165, 1.54) is 0 Å². The van der Waals surface area contributed by atoms with Gasteiger partial charge in [-0.15, -0.1) is 0 Å². The van der Waals surface area contributed by atoms with Gasteiger partial charge >= 0.3 is 0 Å². The topological polar surface area (TPSA) is 99.8 Å². The van der Waals surface area contributed by atoms with E-state index in [1.54, 1.807) is 12.3 Å². The molecule has 0 saturated carbocycles. The van der Waals surface area contributed by atoms with Crippen molar-refractivity contribution in [3.63, 3.8) is 0 Å². The number of ether oxygens (including phenoxy) is 1. The molecule has 8 heteroatoms. The third-order valence-electron chi connectivity index (χ3n) is 7.14. The van der Waals surface area contributed by atoms with Gasteiger partial charge in [-0.1, -0.05) is 76.6 Å². The third kappa shape index (κ3) is 8.17. The maximum atomic E-state index is 14.0. The smallest absolute Gasteiger partial charge is 0.247 e. The highest BCUT2D eigenvalue weighted by atomic mass is 16.5. The van der Waals surface area contributed by atoms with E-state index in [0.29, 0.717) is 12.2 Å². The first-order valence-corrected chi connectivity index (χ1v) is 13.7. The van der Waals surface area contributed by atoms with E-state index in [9.17, 15) is 14.4 Å². The summed E-state index contributed by atoms with van der Waals surface area (Å²) in [6.07, 6.45) is 3.77. The van der Waals surface area contributed by atoms with E-state index in [4.69, 9.17) is 4.74 Å². The van der Waals surface area contributed by atoms with Crippen molar-refractivity contribution in [1.29, 1.82) is 0 Å². The standard InChI is InChI=1S/C31H42N4O4/c1-7-21(4)27(35(5)6)31(38)34-26-28(20(2)3)39-24-15-13-22(14-16-24)17-18-32-29(36)25(33-30(26)37)19-23-11-9-8-10-12-23/h8-18,20-21,25-28H,7,19H2,1-6H3,(H,32,36)(H,33,37)(H,34,38)/t21-,25+,26+,27+,28+/m1/s1. The van der Waals surface area contributed by atoms with Crippen LogP contribution in [0.5, 0.6) is 5.75 Å². The third-order valence-corrected chi connectivity index (χ3v) is 7.14. The second-order valence-corrected chi connectivity index (χ2v) is 10.8. The molecule has 0 aromatic heterocycles. The van der Waals surface area contributed by atoms with E-state index < -0.39 is 30.1 Å². The molecule has 2 aromatic carbocycles. The highest BCUT2D eigenvalue weighted by molar-refractivity contribution is 5.94. The molecule has 39 heavy (non-hydrogen) atoms. The Balaban J connectivity index is 2.03. The minimum Gasteiger partial charge on any atom is -0.487 e. The van der Waals surface area contributed by atoms with Crippen LogP contribution in [0.4, 0.5) is 0 Å². The average molecular weight is 535 g/mol. The van der Waals surface area contributed by atoms with Gasteiger partial charge in [0.15, 0.2) is 0 Å². The Morgan fingerprint density at radius 3 is 2.26 bits per heavy atom. The monoisotopic (exact) mass is 534 g/mol. The molecule has 0 saturated heterocycles. The van der Waals surface area contributed by atoms with Gasteiger partial charge < -0.3 is 20.7 Å². The van der Waals surface area contributed by atoms with Crippen molar-refractivity contribution in [2.45, 2.75) is 64.8 Å². The number of carbonyl (C=O) groups is 3. The second-order valence-electron chi connectivity index (χ2n) is 10.8. The van der Waals surface area contributed by atoms with Gasteiger partial charge in [-0.05, 0) is 55.3 Å². The van der Waals surface area contributed by atoms with E-state index in [0.717, 1.165) is 17.5 Å². The zero-order valence-corrected chi connectivity index (χ0v) is 23.8. The molecule has 2 aliphatic rings. The summed E-state index contributed by atoms with van der Waals surface area (Å²) in [6.45, 7) is 7.95. The Bertz CT molecular complexity index is 1130. The van der Waals surface area contributed by atoms with E-state index in [-0.39, 0.29) is 23.7 Å². The van der Waals surface area contributed by atoms with Crippen LogP contribution >= 0.6 is 0 Å². The molecule has 0 radical (unpaired) electrons. The molecule has 0 aliphatic carbocycles. The van der Waals surface area contributed by atoms with Crippen LogP contribution < -0.4 is 20.7 Å². The van der Waals surface area contributed by atoms with Gasteiger partial charge in [0.1, 0.15) is 23.9 Å². The van der Waals surface area contributed by atoms with Crippen LogP contribution in [0.3, 0.4) is 0 Å². The highest BCUT2D eigenvalue weighted by Gasteiger charge is 2.38. The predicted octanol–water partition coefficient (Wildman–Crippen LogP) is 3.38. The van der Waals surface area contributed by atoms with Crippen molar-refractivity contribution in [3.8, 4) is 5.75 Å². The van der Waals surface area contributed by atoms with E-state index in [2.05, 4.69) is 16.0 Å². The lowest BCUT2D eigenvalue weighted by Crippen LogP contribution is -2.62. The molecule has 8 nitrogen and oxygen atoms in total. The number of carbonyl (C=O) groups excluding carboxylic acids is 3. The summed E-state index contributed by atoms with van der Waals surface area (Å²) in [5, 5.41) is 8.72. The first-order valence-electron chi connectivity index (χ1n) is 13.7. The quantitative estimate of drug-likeness (QED) is 0.482. The fourth-order valence-corrected chi connectivity index (χ4v) is 4.81. The van der Waals surface area contributed by atoms with Gasteiger partial charge in [0.05, 0.1) is 6.04 Å². The zero-order chi connectivity index (χ0) is 28.5. The largest absolute Gasteiger partial charge is 0.487 e. The normalized spacial score (nSPS) is 21.5. The number of nitrogens with zero attached hydrogens (tertiary/aromatic N) is 1. The Kier molecular flexibility index (Phi) is 10.7. The molecular formula is C31H42N4O4. The number of hydrogen-bond donors (Lipinski definition) is 3. The zero-order valence-electron chi connectivity index (χ0n) is 23.8. The average Bonchev–Trinajstić information content (AvgIpc) is 2.90. The number of benzene rings is 2. The lowest BCUT2D eigenvalue weighted by atomic mass is 9.94. The van der Waals surface area contributed by atoms with Crippen LogP contribution in [0.25, 0.3) is 6.08 Å². The number of rotatable bonds is 8. The number of hydrogen-bond acceptors (Lipinski definition) is 5. The summed E-state index contributed by atoms with van der Waals surface area (Å²) in [5.41, 5.74) is 1.79. The molecule has 0 fully saturated rings. The van der Waals surface area contributed by atoms with Gasteiger partial charge in [0, 0.05) is 12.6 Å². The van der Waals surface area contributed by atoms with Crippen molar-refractivity contribution in [1.82, 2.24) is 20.9 Å². The first-order chi connectivity index (χ1) is 18.6. The predicted molar refractivity (Wildman–Crippen MR) is 154 cm³/mol. The summed E-state index contributed by atoms with van der Waals surface area (Å²) in [7, 11) is 3.71. The van der Waals surface area contributed by atoms with Crippen LogP contribution in [0.1, 0.15) is 45.2 Å². The molecule has 0 unspecified atom stereocenters. The SMILES string of the molecule is CC[C@@H](C)[C@@H](C(=O)N[C@@H]1C(=O)N[C@@H](Cc2ccccc2)C(=O)NC=Cc2ccc(cc2)O[C@H]1C(C)C)N(C)C. The van der Waals surface area contributed by atoms with Crippen molar-refractivity contribution >= 4 is 23.8 Å². The maximum absolute atomic E-state index is 14.0. The molecule has 3 N–H and O–H groups in total. The molecule has 2 bridgehead atoms. The molecule has 3 amide bonds. The van der Waals surface area contributed by atoms with Crippen molar-refractivity contribution in [2.75, 3.05) is 14.1 Å². The summed E-state index contributed by atoms with van der Waals surface area (Å²) in [4.78, 5) is 42.7. The maximum Gasteiger partial charge on any atom is 0.247 e.